The van der Waals surface area contributed by atoms with Crippen LogP contribution in [0, 0.1) is 13.8 Å². The van der Waals surface area contributed by atoms with Gasteiger partial charge < -0.3 is 16.6 Å². The first-order valence-corrected chi connectivity index (χ1v) is 5.42. The van der Waals surface area contributed by atoms with E-state index in [1.54, 1.807) is 13.8 Å². The lowest BCUT2D eigenvalue weighted by atomic mass is 10.1. The van der Waals surface area contributed by atoms with E-state index in [1.165, 1.54) is 0 Å². The van der Waals surface area contributed by atoms with Crippen LogP contribution in [0.25, 0.3) is 0 Å². The molecule has 0 saturated carbocycles. The highest BCUT2D eigenvalue weighted by Gasteiger charge is 2.18. The Kier molecular flexibility index (Phi) is 4.09. The Labute approximate surface area is 105 Å². The molecule has 0 saturated heterocycles. The molecule has 7 heteroatoms. The number of hydrazone groups is 2. The Morgan fingerprint density at radius 1 is 1.33 bits per heavy atom. The summed E-state index contributed by atoms with van der Waals surface area (Å²) in [6.07, 6.45) is 0. The maximum atomic E-state index is 11.9. The molecule has 1 heterocycles. The number of carbonyl (C=O) groups excluding carboxylic acids is 1. The number of rotatable bonds is 3. The molecule has 18 heavy (non-hydrogen) atoms. The number of amidine groups is 1. The number of carbonyl (C=O) groups is 1. The van der Waals surface area contributed by atoms with E-state index in [9.17, 15) is 4.79 Å². The fraction of sp³-hybridized carbons (Fsp3) is 0.364. The largest absolute Gasteiger partial charge is 0.386 e. The average molecular weight is 250 g/mol. The molecular weight excluding hydrogens is 232 g/mol. The van der Waals surface area contributed by atoms with Crippen LogP contribution in [0.3, 0.4) is 0 Å². The van der Waals surface area contributed by atoms with Crippen LogP contribution in [-0.2, 0) is 0 Å². The van der Waals surface area contributed by atoms with Gasteiger partial charge in [-0.1, -0.05) is 0 Å². The average Bonchev–Trinajstić information content (AvgIpc) is 2.61. The van der Waals surface area contributed by atoms with Crippen molar-refractivity contribution in [3.63, 3.8) is 0 Å². The lowest BCUT2D eigenvalue weighted by Crippen LogP contribution is -2.22. The highest BCUT2D eigenvalue weighted by Crippen LogP contribution is 2.18. The molecular formula is C11H18N6O. The quantitative estimate of drug-likeness (QED) is 0.268. The summed E-state index contributed by atoms with van der Waals surface area (Å²) in [5.74, 6) is 5.19. The maximum absolute atomic E-state index is 11.9. The lowest BCUT2D eigenvalue weighted by molar-refractivity contribution is 0.0949. The molecule has 0 aliphatic carbocycles. The Balaban J connectivity index is 3.13. The van der Waals surface area contributed by atoms with Gasteiger partial charge in [0.2, 0.25) is 0 Å². The molecule has 0 bridgehead atoms. The highest BCUT2D eigenvalue weighted by molar-refractivity contribution is 6.05. The molecule has 1 aromatic heterocycles. The number of aromatic nitrogens is 1. The summed E-state index contributed by atoms with van der Waals surface area (Å²) in [5.41, 5.74) is 11.3. The van der Waals surface area contributed by atoms with Crippen molar-refractivity contribution in [2.75, 3.05) is 0 Å². The number of hydrogen-bond donors (Lipinski definition) is 4. The van der Waals surface area contributed by atoms with Gasteiger partial charge in [-0.2, -0.15) is 10.2 Å². The molecule has 1 aromatic rings. The van der Waals surface area contributed by atoms with E-state index < -0.39 is 0 Å². The maximum Gasteiger partial charge on any atom is 0.288 e. The van der Waals surface area contributed by atoms with Crippen LogP contribution in [0.2, 0.25) is 0 Å². The first-order chi connectivity index (χ1) is 8.38. The topological polar surface area (TPSA) is 122 Å². The minimum Gasteiger partial charge on any atom is -0.386 e. The van der Waals surface area contributed by atoms with E-state index in [0.29, 0.717) is 11.4 Å². The molecule has 0 spiro atoms. The van der Waals surface area contributed by atoms with Crippen LogP contribution in [0.15, 0.2) is 10.2 Å². The van der Waals surface area contributed by atoms with Crippen LogP contribution < -0.4 is 17.0 Å². The van der Waals surface area contributed by atoms with E-state index in [4.69, 9.17) is 11.6 Å². The number of H-pyrrole nitrogens is 1. The summed E-state index contributed by atoms with van der Waals surface area (Å²) in [6, 6.07) is 0. The number of nitrogens with two attached hydrogens (primary N) is 2. The Morgan fingerprint density at radius 3 is 2.44 bits per heavy atom. The van der Waals surface area contributed by atoms with Gasteiger partial charge in [0.1, 0.15) is 11.5 Å². The van der Waals surface area contributed by atoms with Gasteiger partial charge in [-0.3, -0.25) is 4.79 Å². The number of nitrogens with zero attached hydrogens (tertiary/aromatic N) is 2. The Hall–Kier alpha value is -2.31. The van der Waals surface area contributed by atoms with Gasteiger partial charge in [0.05, 0.1) is 5.71 Å². The highest BCUT2D eigenvalue weighted by atomic mass is 16.2. The molecule has 7 nitrogen and oxygen atoms in total. The second-order valence-electron chi connectivity index (χ2n) is 4.03. The van der Waals surface area contributed by atoms with Gasteiger partial charge in [0.15, 0.2) is 0 Å². The zero-order chi connectivity index (χ0) is 13.9. The molecule has 0 fully saturated rings. The summed E-state index contributed by atoms with van der Waals surface area (Å²) >= 11 is 0. The fourth-order valence-electron chi connectivity index (χ4n) is 1.78. The third-order valence-corrected chi connectivity index (χ3v) is 2.55. The summed E-state index contributed by atoms with van der Waals surface area (Å²) in [4.78, 5) is 14.9. The third-order valence-electron chi connectivity index (χ3n) is 2.55. The van der Waals surface area contributed by atoms with Gasteiger partial charge in [-0.15, -0.1) is 0 Å². The van der Waals surface area contributed by atoms with E-state index in [-0.39, 0.29) is 11.7 Å². The molecule has 6 N–H and O–H groups in total. The molecule has 0 unspecified atom stereocenters. The van der Waals surface area contributed by atoms with Crippen LogP contribution in [-0.4, -0.2) is 22.4 Å². The predicted octanol–water partition coefficient (Wildman–Crippen LogP) is 0.336. The zero-order valence-electron chi connectivity index (χ0n) is 11.0. The third kappa shape index (κ3) is 2.68. The van der Waals surface area contributed by atoms with Crippen molar-refractivity contribution < 1.29 is 4.79 Å². The molecule has 0 aliphatic rings. The summed E-state index contributed by atoms with van der Waals surface area (Å²) in [6.45, 7) is 7.05. The van der Waals surface area contributed by atoms with Gasteiger partial charge in [-0.25, -0.2) is 5.43 Å². The van der Waals surface area contributed by atoms with Crippen molar-refractivity contribution >= 4 is 17.5 Å². The van der Waals surface area contributed by atoms with E-state index >= 15 is 0 Å². The standard InChI is InChI=1S/C11H18N6O/c1-5-9(7(3)15-13)6(2)14-10(5)11(18)17-16-8(4)12/h14H,13H2,1-4H3,(H2,12,16)(H,17,18)/b15-7+. The van der Waals surface area contributed by atoms with E-state index in [2.05, 4.69) is 20.6 Å². The number of aryl methyl sites for hydroxylation is 1. The first-order valence-electron chi connectivity index (χ1n) is 5.42. The molecule has 98 valence electrons. The lowest BCUT2D eigenvalue weighted by Gasteiger charge is -2.01. The van der Waals surface area contributed by atoms with Crippen LogP contribution in [0.4, 0.5) is 0 Å². The molecule has 0 aromatic carbocycles. The molecule has 1 rings (SSSR count). The molecule has 0 atom stereocenters. The van der Waals surface area contributed by atoms with Crippen molar-refractivity contribution in [1.82, 2.24) is 10.4 Å². The second-order valence-corrected chi connectivity index (χ2v) is 4.03. The van der Waals surface area contributed by atoms with E-state index in [0.717, 1.165) is 16.8 Å². The minimum atomic E-state index is -0.350. The number of aromatic amines is 1. The van der Waals surface area contributed by atoms with Gasteiger partial charge in [-0.05, 0) is 33.3 Å². The van der Waals surface area contributed by atoms with Crippen LogP contribution in [0.5, 0.6) is 0 Å². The van der Waals surface area contributed by atoms with Crippen molar-refractivity contribution in [3.8, 4) is 0 Å². The number of nitrogens with one attached hydrogen (secondary N) is 2. The van der Waals surface area contributed by atoms with Crippen LogP contribution >= 0.6 is 0 Å². The smallest absolute Gasteiger partial charge is 0.288 e. The van der Waals surface area contributed by atoms with Gasteiger partial charge >= 0.3 is 0 Å². The zero-order valence-corrected chi connectivity index (χ0v) is 11.0. The summed E-state index contributed by atoms with van der Waals surface area (Å²) < 4.78 is 0. The number of hydrogen-bond acceptors (Lipinski definition) is 4. The monoisotopic (exact) mass is 250 g/mol. The molecule has 0 radical (unpaired) electrons. The van der Waals surface area contributed by atoms with E-state index in [1.807, 2.05) is 13.8 Å². The van der Waals surface area contributed by atoms with Crippen molar-refractivity contribution in [1.29, 1.82) is 0 Å². The Bertz CT molecular complexity index is 522. The molecule has 1 amide bonds. The van der Waals surface area contributed by atoms with Crippen LogP contribution in [0.1, 0.15) is 41.2 Å². The second kappa shape index (κ2) is 5.35. The van der Waals surface area contributed by atoms with Gasteiger partial charge in [0.25, 0.3) is 5.91 Å². The molecule has 0 aliphatic heterocycles. The van der Waals surface area contributed by atoms with Crippen molar-refractivity contribution in [2.24, 2.45) is 21.8 Å². The Morgan fingerprint density at radius 2 is 1.94 bits per heavy atom. The summed E-state index contributed by atoms with van der Waals surface area (Å²) in [7, 11) is 0. The summed E-state index contributed by atoms with van der Waals surface area (Å²) in [5, 5.41) is 7.31. The minimum absolute atomic E-state index is 0.282. The fourth-order valence-corrected chi connectivity index (χ4v) is 1.78. The predicted molar refractivity (Wildman–Crippen MR) is 71.4 cm³/mol. The van der Waals surface area contributed by atoms with Gasteiger partial charge in [0, 0.05) is 11.3 Å². The van der Waals surface area contributed by atoms with Crippen molar-refractivity contribution in [2.45, 2.75) is 27.7 Å². The normalized spacial score (nSPS) is 12.7. The SMILES string of the molecule is C/C(N)=N/NC(=O)c1[nH]c(C)c(/C(C)=N/N)c1C. The van der Waals surface area contributed by atoms with Crippen molar-refractivity contribution in [3.05, 3.63) is 22.5 Å². The first kappa shape index (κ1) is 13.8. The number of amides is 1.